The number of pyridine rings is 1. The van der Waals surface area contributed by atoms with E-state index in [9.17, 15) is 4.79 Å². The van der Waals surface area contributed by atoms with Gasteiger partial charge >= 0.3 is 0 Å². The fraction of sp³-hybridized carbons (Fsp3) is 0.333. The summed E-state index contributed by atoms with van der Waals surface area (Å²) in [6, 6.07) is 3.92. The monoisotopic (exact) mass is 295 g/mol. The Kier molecular flexibility index (Phi) is 3.78. The lowest BCUT2D eigenvalue weighted by atomic mass is 10.3. The number of fused-ring (bicyclic) bond motifs is 1. The number of amides is 1. The van der Waals surface area contributed by atoms with Gasteiger partial charge in [-0.3, -0.25) is 4.79 Å². The summed E-state index contributed by atoms with van der Waals surface area (Å²) in [5.41, 5.74) is 1.91. The van der Waals surface area contributed by atoms with Crippen LogP contribution < -0.4 is 5.32 Å². The van der Waals surface area contributed by atoms with Crippen LogP contribution in [0.2, 0.25) is 0 Å². The molecule has 1 amide bonds. The Morgan fingerprint density at radius 3 is 3.06 bits per heavy atom. The first kappa shape index (κ1) is 12.1. The standard InChI is InChI=1S/C12H14BrN3O/c1-2-12(17)14-6-5-10-8-16-7-9(13)3-4-11(16)15-10/h3-4,7-8H,2,5-6H2,1H3,(H,14,17). The maximum atomic E-state index is 11.1. The van der Waals surface area contributed by atoms with E-state index in [1.807, 2.05) is 35.9 Å². The molecule has 0 aromatic carbocycles. The maximum absolute atomic E-state index is 11.1. The van der Waals surface area contributed by atoms with Crippen molar-refractivity contribution in [3.05, 3.63) is 34.7 Å². The molecule has 0 saturated heterocycles. The van der Waals surface area contributed by atoms with Gasteiger partial charge < -0.3 is 9.72 Å². The maximum Gasteiger partial charge on any atom is 0.219 e. The van der Waals surface area contributed by atoms with Gasteiger partial charge in [0.15, 0.2) is 0 Å². The van der Waals surface area contributed by atoms with Crippen molar-refractivity contribution < 1.29 is 4.79 Å². The fourth-order valence-electron chi connectivity index (χ4n) is 1.59. The van der Waals surface area contributed by atoms with Crippen LogP contribution in [0.15, 0.2) is 29.0 Å². The fourth-order valence-corrected chi connectivity index (χ4v) is 1.95. The number of hydrogen-bond donors (Lipinski definition) is 1. The van der Waals surface area contributed by atoms with E-state index < -0.39 is 0 Å². The summed E-state index contributed by atoms with van der Waals surface area (Å²) in [7, 11) is 0. The van der Waals surface area contributed by atoms with Crippen molar-refractivity contribution in [3.63, 3.8) is 0 Å². The molecule has 17 heavy (non-hydrogen) atoms. The van der Waals surface area contributed by atoms with Gasteiger partial charge in [0.2, 0.25) is 5.91 Å². The number of aromatic nitrogens is 2. The Labute approximate surface area is 108 Å². The normalized spacial score (nSPS) is 10.7. The van der Waals surface area contributed by atoms with E-state index in [4.69, 9.17) is 0 Å². The molecule has 0 spiro atoms. The lowest BCUT2D eigenvalue weighted by Gasteiger charge is -2.00. The zero-order chi connectivity index (χ0) is 12.3. The van der Waals surface area contributed by atoms with Crippen molar-refractivity contribution in [1.82, 2.24) is 14.7 Å². The highest BCUT2D eigenvalue weighted by molar-refractivity contribution is 9.10. The number of hydrogen-bond acceptors (Lipinski definition) is 2. The Morgan fingerprint density at radius 2 is 2.29 bits per heavy atom. The van der Waals surface area contributed by atoms with Gasteiger partial charge in [-0.05, 0) is 28.1 Å². The number of carbonyl (C=O) groups is 1. The molecule has 2 aromatic heterocycles. The number of nitrogens with one attached hydrogen (secondary N) is 1. The highest BCUT2D eigenvalue weighted by Gasteiger charge is 2.02. The molecule has 0 saturated carbocycles. The molecule has 0 radical (unpaired) electrons. The molecular formula is C12H14BrN3O. The van der Waals surface area contributed by atoms with Gasteiger partial charge in [-0.1, -0.05) is 6.92 Å². The van der Waals surface area contributed by atoms with Crippen LogP contribution >= 0.6 is 15.9 Å². The van der Waals surface area contributed by atoms with Crippen LogP contribution in [-0.2, 0) is 11.2 Å². The smallest absolute Gasteiger partial charge is 0.219 e. The van der Waals surface area contributed by atoms with E-state index in [2.05, 4.69) is 26.2 Å². The Morgan fingerprint density at radius 1 is 1.47 bits per heavy atom. The minimum Gasteiger partial charge on any atom is -0.356 e. The number of imidazole rings is 1. The third-order valence-corrected chi connectivity index (χ3v) is 2.96. The topological polar surface area (TPSA) is 46.4 Å². The summed E-state index contributed by atoms with van der Waals surface area (Å²) in [6.07, 6.45) is 5.23. The lowest BCUT2D eigenvalue weighted by Crippen LogP contribution is -2.24. The van der Waals surface area contributed by atoms with Crippen LogP contribution in [0, 0.1) is 0 Å². The SMILES string of the molecule is CCC(=O)NCCc1cn2cc(Br)ccc2n1. The highest BCUT2D eigenvalue weighted by atomic mass is 79.9. The van der Waals surface area contributed by atoms with Crippen molar-refractivity contribution in [1.29, 1.82) is 0 Å². The van der Waals surface area contributed by atoms with Gasteiger partial charge in [-0.2, -0.15) is 0 Å². The second kappa shape index (κ2) is 5.31. The van der Waals surface area contributed by atoms with E-state index >= 15 is 0 Å². The van der Waals surface area contributed by atoms with E-state index in [1.54, 1.807) is 0 Å². The number of carbonyl (C=O) groups excluding carboxylic acids is 1. The van der Waals surface area contributed by atoms with Gasteiger partial charge in [-0.25, -0.2) is 4.98 Å². The summed E-state index contributed by atoms with van der Waals surface area (Å²) in [5.74, 6) is 0.0801. The lowest BCUT2D eigenvalue weighted by molar-refractivity contribution is -0.120. The minimum absolute atomic E-state index is 0.0801. The van der Waals surface area contributed by atoms with Crippen molar-refractivity contribution in [2.45, 2.75) is 19.8 Å². The third kappa shape index (κ3) is 3.06. The second-order valence-corrected chi connectivity index (χ2v) is 4.71. The first-order valence-corrected chi connectivity index (χ1v) is 6.38. The molecule has 0 fully saturated rings. The minimum atomic E-state index is 0.0801. The predicted molar refractivity (Wildman–Crippen MR) is 69.9 cm³/mol. The average molecular weight is 296 g/mol. The Bertz CT molecular complexity index is 536. The molecule has 0 atom stereocenters. The molecule has 0 aliphatic rings. The molecule has 90 valence electrons. The highest BCUT2D eigenvalue weighted by Crippen LogP contribution is 2.12. The van der Waals surface area contributed by atoms with Crippen molar-refractivity contribution in [3.8, 4) is 0 Å². The molecule has 2 rings (SSSR count). The summed E-state index contributed by atoms with van der Waals surface area (Å²) in [4.78, 5) is 15.5. The van der Waals surface area contributed by atoms with Gasteiger partial charge in [-0.15, -0.1) is 0 Å². The van der Waals surface area contributed by atoms with Crippen LogP contribution in [0.1, 0.15) is 19.0 Å². The summed E-state index contributed by atoms with van der Waals surface area (Å²) < 4.78 is 2.99. The summed E-state index contributed by atoms with van der Waals surface area (Å²) >= 11 is 3.42. The summed E-state index contributed by atoms with van der Waals surface area (Å²) in [5, 5.41) is 2.84. The zero-order valence-corrected chi connectivity index (χ0v) is 11.2. The van der Waals surface area contributed by atoms with E-state index in [0.717, 1.165) is 22.2 Å². The van der Waals surface area contributed by atoms with Gasteiger partial charge in [0, 0.05) is 36.3 Å². The van der Waals surface area contributed by atoms with E-state index in [1.165, 1.54) is 0 Å². The Hall–Kier alpha value is -1.36. The number of rotatable bonds is 4. The molecule has 2 heterocycles. The molecule has 0 bridgehead atoms. The second-order valence-electron chi connectivity index (χ2n) is 3.80. The number of nitrogens with zero attached hydrogens (tertiary/aromatic N) is 2. The van der Waals surface area contributed by atoms with Gasteiger partial charge in [0.05, 0.1) is 5.69 Å². The quantitative estimate of drug-likeness (QED) is 0.940. The van der Waals surface area contributed by atoms with Crippen LogP contribution in [-0.4, -0.2) is 21.8 Å². The van der Waals surface area contributed by atoms with Crippen molar-refractivity contribution in [2.75, 3.05) is 6.54 Å². The predicted octanol–water partition coefficient (Wildman–Crippen LogP) is 2.17. The molecule has 0 unspecified atom stereocenters. The third-order valence-electron chi connectivity index (χ3n) is 2.49. The van der Waals surface area contributed by atoms with Crippen LogP contribution in [0.25, 0.3) is 5.65 Å². The number of halogens is 1. The molecule has 0 aliphatic carbocycles. The zero-order valence-electron chi connectivity index (χ0n) is 9.61. The molecule has 0 aliphatic heterocycles. The van der Waals surface area contributed by atoms with E-state index in [0.29, 0.717) is 13.0 Å². The summed E-state index contributed by atoms with van der Waals surface area (Å²) in [6.45, 7) is 2.48. The first-order chi connectivity index (χ1) is 8.19. The molecule has 2 aromatic rings. The molecule has 4 nitrogen and oxygen atoms in total. The molecule has 1 N–H and O–H groups in total. The largest absolute Gasteiger partial charge is 0.356 e. The van der Waals surface area contributed by atoms with Crippen LogP contribution in [0.4, 0.5) is 0 Å². The first-order valence-electron chi connectivity index (χ1n) is 5.59. The van der Waals surface area contributed by atoms with Crippen LogP contribution in [0.5, 0.6) is 0 Å². The van der Waals surface area contributed by atoms with E-state index in [-0.39, 0.29) is 5.91 Å². The molecular weight excluding hydrogens is 282 g/mol. The molecule has 5 heteroatoms. The van der Waals surface area contributed by atoms with Crippen molar-refractivity contribution >= 4 is 27.5 Å². The van der Waals surface area contributed by atoms with Crippen LogP contribution in [0.3, 0.4) is 0 Å². The van der Waals surface area contributed by atoms with Crippen molar-refractivity contribution in [2.24, 2.45) is 0 Å². The average Bonchev–Trinajstić information content (AvgIpc) is 2.70. The Balaban J connectivity index is 2.02. The van der Waals surface area contributed by atoms with Gasteiger partial charge in [0.1, 0.15) is 5.65 Å². The van der Waals surface area contributed by atoms with Gasteiger partial charge in [0.25, 0.3) is 0 Å².